The predicted octanol–water partition coefficient (Wildman–Crippen LogP) is 2.57. The van der Waals surface area contributed by atoms with Crippen molar-refractivity contribution in [1.29, 1.82) is 0 Å². The summed E-state index contributed by atoms with van der Waals surface area (Å²) >= 11 is 0. The van der Waals surface area contributed by atoms with Gasteiger partial charge in [-0.1, -0.05) is 12.1 Å². The fourth-order valence-corrected chi connectivity index (χ4v) is 2.07. The number of benzene rings is 1. The molecule has 1 N–H and O–H groups in total. The second-order valence-corrected chi connectivity index (χ2v) is 4.55. The van der Waals surface area contributed by atoms with Crippen LogP contribution in [0.15, 0.2) is 36.5 Å². The SMILES string of the molecule is COc1ccnc(CNCCc2ccc(F)cc2)c1OC. The summed E-state index contributed by atoms with van der Waals surface area (Å²) in [5.41, 5.74) is 1.89. The van der Waals surface area contributed by atoms with Crippen LogP contribution in [0.5, 0.6) is 11.5 Å². The largest absolute Gasteiger partial charge is 0.493 e. The minimum Gasteiger partial charge on any atom is -0.493 e. The van der Waals surface area contributed by atoms with Crippen molar-refractivity contribution in [1.82, 2.24) is 10.3 Å². The lowest BCUT2D eigenvalue weighted by molar-refractivity contribution is 0.348. The summed E-state index contributed by atoms with van der Waals surface area (Å²) in [6.07, 6.45) is 2.52. The third-order valence-corrected chi connectivity index (χ3v) is 3.16. The van der Waals surface area contributed by atoms with Gasteiger partial charge >= 0.3 is 0 Å². The molecule has 5 heteroatoms. The van der Waals surface area contributed by atoms with E-state index in [-0.39, 0.29) is 5.82 Å². The molecular weight excluding hydrogens is 271 g/mol. The Morgan fingerprint density at radius 3 is 2.52 bits per heavy atom. The third-order valence-electron chi connectivity index (χ3n) is 3.16. The molecule has 0 atom stereocenters. The molecule has 1 aromatic heterocycles. The number of halogens is 1. The Balaban J connectivity index is 1.87. The molecule has 112 valence electrons. The van der Waals surface area contributed by atoms with Gasteiger partial charge in [-0.2, -0.15) is 0 Å². The number of ether oxygens (including phenoxy) is 2. The van der Waals surface area contributed by atoms with Gasteiger partial charge in [0, 0.05) is 18.8 Å². The Bertz CT molecular complexity index is 573. The monoisotopic (exact) mass is 290 g/mol. The molecule has 2 rings (SSSR count). The van der Waals surface area contributed by atoms with Gasteiger partial charge in [-0.3, -0.25) is 4.98 Å². The molecule has 0 radical (unpaired) electrons. The van der Waals surface area contributed by atoms with E-state index in [1.807, 2.05) is 0 Å². The van der Waals surface area contributed by atoms with Crippen LogP contribution in [0, 0.1) is 5.82 Å². The summed E-state index contributed by atoms with van der Waals surface area (Å²) in [4.78, 5) is 4.30. The normalized spacial score (nSPS) is 10.4. The molecular formula is C16H19FN2O2. The van der Waals surface area contributed by atoms with Crippen molar-refractivity contribution < 1.29 is 13.9 Å². The lowest BCUT2D eigenvalue weighted by Crippen LogP contribution is -2.18. The average molecular weight is 290 g/mol. The van der Waals surface area contributed by atoms with E-state index in [9.17, 15) is 4.39 Å². The first-order chi connectivity index (χ1) is 10.2. The van der Waals surface area contributed by atoms with Crippen LogP contribution >= 0.6 is 0 Å². The summed E-state index contributed by atoms with van der Waals surface area (Å²) in [7, 11) is 3.20. The van der Waals surface area contributed by atoms with Crippen molar-refractivity contribution in [2.24, 2.45) is 0 Å². The van der Waals surface area contributed by atoms with Crippen molar-refractivity contribution >= 4 is 0 Å². The minimum atomic E-state index is -0.211. The van der Waals surface area contributed by atoms with Crippen LogP contribution in [-0.2, 0) is 13.0 Å². The van der Waals surface area contributed by atoms with Crippen LogP contribution in [0.1, 0.15) is 11.3 Å². The zero-order chi connectivity index (χ0) is 15.1. The van der Waals surface area contributed by atoms with Gasteiger partial charge in [-0.05, 0) is 30.7 Å². The van der Waals surface area contributed by atoms with Crippen molar-refractivity contribution in [3.63, 3.8) is 0 Å². The highest BCUT2D eigenvalue weighted by atomic mass is 19.1. The van der Waals surface area contributed by atoms with E-state index < -0.39 is 0 Å². The number of nitrogens with zero attached hydrogens (tertiary/aromatic N) is 1. The van der Waals surface area contributed by atoms with E-state index in [1.165, 1.54) is 12.1 Å². The second kappa shape index (κ2) is 7.59. The lowest BCUT2D eigenvalue weighted by atomic mass is 10.1. The fourth-order valence-electron chi connectivity index (χ4n) is 2.07. The number of rotatable bonds is 7. The summed E-state index contributed by atoms with van der Waals surface area (Å²) in [6.45, 7) is 1.36. The molecule has 0 fully saturated rings. The van der Waals surface area contributed by atoms with E-state index in [2.05, 4.69) is 10.3 Å². The lowest BCUT2D eigenvalue weighted by Gasteiger charge is -2.12. The van der Waals surface area contributed by atoms with Gasteiger partial charge < -0.3 is 14.8 Å². The van der Waals surface area contributed by atoms with E-state index in [0.29, 0.717) is 18.0 Å². The van der Waals surface area contributed by atoms with E-state index in [1.54, 1.807) is 38.6 Å². The highest BCUT2D eigenvalue weighted by Gasteiger charge is 2.10. The van der Waals surface area contributed by atoms with Gasteiger partial charge in [0.15, 0.2) is 11.5 Å². The number of aromatic nitrogens is 1. The maximum atomic E-state index is 12.8. The quantitative estimate of drug-likeness (QED) is 0.796. The average Bonchev–Trinajstić information content (AvgIpc) is 2.52. The zero-order valence-corrected chi connectivity index (χ0v) is 12.2. The molecule has 21 heavy (non-hydrogen) atoms. The van der Waals surface area contributed by atoms with Gasteiger partial charge in [0.1, 0.15) is 5.82 Å². The molecule has 0 saturated heterocycles. The second-order valence-electron chi connectivity index (χ2n) is 4.55. The first-order valence-electron chi connectivity index (χ1n) is 6.75. The number of methoxy groups -OCH3 is 2. The molecule has 0 aliphatic rings. The third kappa shape index (κ3) is 4.16. The van der Waals surface area contributed by atoms with Crippen molar-refractivity contribution in [3.8, 4) is 11.5 Å². The Kier molecular flexibility index (Phi) is 5.51. The molecule has 2 aromatic rings. The number of hydrogen-bond donors (Lipinski definition) is 1. The van der Waals surface area contributed by atoms with E-state index >= 15 is 0 Å². The Morgan fingerprint density at radius 1 is 1.10 bits per heavy atom. The van der Waals surface area contributed by atoms with Crippen LogP contribution in [0.25, 0.3) is 0 Å². The van der Waals surface area contributed by atoms with Crippen molar-refractivity contribution in [2.75, 3.05) is 20.8 Å². The van der Waals surface area contributed by atoms with E-state index in [4.69, 9.17) is 9.47 Å². The smallest absolute Gasteiger partial charge is 0.183 e. The summed E-state index contributed by atoms with van der Waals surface area (Å²) < 4.78 is 23.4. The maximum Gasteiger partial charge on any atom is 0.183 e. The summed E-state index contributed by atoms with van der Waals surface area (Å²) in [5.74, 6) is 1.11. The summed E-state index contributed by atoms with van der Waals surface area (Å²) in [5, 5.41) is 3.30. The Hall–Kier alpha value is -2.14. The number of pyridine rings is 1. The summed E-state index contributed by atoms with van der Waals surface area (Å²) in [6, 6.07) is 8.30. The maximum absolute atomic E-state index is 12.8. The molecule has 0 unspecified atom stereocenters. The predicted molar refractivity (Wildman–Crippen MR) is 79.2 cm³/mol. The zero-order valence-electron chi connectivity index (χ0n) is 12.2. The molecule has 0 aliphatic heterocycles. The molecule has 1 aromatic carbocycles. The molecule has 4 nitrogen and oxygen atoms in total. The van der Waals surface area contributed by atoms with Crippen molar-refractivity contribution in [3.05, 3.63) is 53.6 Å². The molecule has 0 saturated carbocycles. The molecule has 0 amide bonds. The van der Waals surface area contributed by atoms with Crippen molar-refractivity contribution in [2.45, 2.75) is 13.0 Å². The molecule has 0 bridgehead atoms. The molecule has 0 aliphatic carbocycles. The van der Waals surface area contributed by atoms with Crippen LogP contribution in [0.2, 0.25) is 0 Å². The van der Waals surface area contributed by atoms with Gasteiger partial charge in [0.05, 0.1) is 19.9 Å². The van der Waals surface area contributed by atoms with Gasteiger partial charge in [-0.25, -0.2) is 4.39 Å². The fraction of sp³-hybridized carbons (Fsp3) is 0.312. The van der Waals surface area contributed by atoms with Crippen LogP contribution in [-0.4, -0.2) is 25.7 Å². The Morgan fingerprint density at radius 2 is 1.86 bits per heavy atom. The molecule has 1 heterocycles. The topological polar surface area (TPSA) is 43.4 Å². The standard InChI is InChI=1S/C16H19FN2O2/c1-20-15-8-10-19-14(16(15)21-2)11-18-9-7-12-3-5-13(17)6-4-12/h3-6,8,10,18H,7,9,11H2,1-2H3. The number of nitrogens with one attached hydrogen (secondary N) is 1. The van der Waals surface area contributed by atoms with Gasteiger partial charge in [0.25, 0.3) is 0 Å². The van der Waals surface area contributed by atoms with Crippen LogP contribution in [0.3, 0.4) is 0 Å². The van der Waals surface area contributed by atoms with Crippen LogP contribution in [0.4, 0.5) is 4.39 Å². The first-order valence-corrected chi connectivity index (χ1v) is 6.75. The van der Waals surface area contributed by atoms with E-state index in [0.717, 1.165) is 24.2 Å². The minimum absolute atomic E-state index is 0.211. The Labute approximate surface area is 123 Å². The molecule has 0 spiro atoms. The van der Waals surface area contributed by atoms with Gasteiger partial charge in [0.2, 0.25) is 0 Å². The van der Waals surface area contributed by atoms with Gasteiger partial charge in [-0.15, -0.1) is 0 Å². The highest BCUT2D eigenvalue weighted by molar-refractivity contribution is 5.42. The number of hydrogen-bond acceptors (Lipinski definition) is 4. The first kappa shape index (κ1) is 15.3. The highest BCUT2D eigenvalue weighted by Crippen LogP contribution is 2.28. The van der Waals surface area contributed by atoms with Crippen LogP contribution < -0.4 is 14.8 Å².